The quantitative estimate of drug-likeness (QED) is 0.707. The highest BCUT2D eigenvalue weighted by atomic mass is 32.2. The zero-order valence-corrected chi connectivity index (χ0v) is 10.4. The molecular weight excluding hydrogens is 232 g/mol. The van der Waals surface area contributed by atoms with Crippen LogP contribution >= 0.6 is 0 Å². The number of rotatable bonds is 4. The van der Waals surface area contributed by atoms with Crippen molar-refractivity contribution < 1.29 is 17.9 Å². The Labute approximate surface area is 96.0 Å². The molecular formula is C9H18N2O4S. The first-order chi connectivity index (χ1) is 7.38. The molecule has 0 spiro atoms. The zero-order chi connectivity index (χ0) is 12.2. The lowest BCUT2D eigenvalue weighted by atomic mass is 10.2. The molecule has 1 aliphatic heterocycles. The number of sulfonamides is 1. The highest BCUT2D eigenvalue weighted by molar-refractivity contribution is 7.88. The molecule has 1 fully saturated rings. The van der Waals surface area contributed by atoms with Crippen molar-refractivity contribution in [3.05, 3.63) is 0 Å². The summed E-state index contributed by atoms with van der Waals surface area (Å²) in [4.78, 5) is 13.4. The van der Waals surface area contributed by atoms with Gasteiger partial charge in [-0.2, -0.15) is 0 Å². The van der Waals surface area contributed by atoms with Crippen molar-refractivity contribution in [2.75, 3.05) is 32.5 Å². The van der Waals surface area contributed by atoms with Gasteiger partial charge in [-0.25, -0.2) is 13.1 Å². The molecule has 94 valence electrons. The van der Waals surface area contributed by atoms with Crippen LogP contribution in [-0.2, 0) is 19.6 Å². The van der Waals surface area contributed by atoms with Gasteiger partial charge in [-0.1, -0.05) is 0 Å². The summed E-state index contributed by atoms with van der Waals surface area (Å²) in [6.07, 6.45) is 1.33. The first-order valence-corrected chi connectivity index (χ1v) is 7.11. The fraction of sp³-hybridized carbons (Fsp3) is 0.889. The Bertz CT molecular complexity index is 341. The largest absolute Gasteiger partial charge is 0.375 e. The molecule has 1 heterocycles. The van der Waals surface area contributed by atoms with Crippen molar-refractivity contribution in [3.63, 3.8) is 0 Å². The van der Waals surface area contributed by atoms with E-state index in [9.17, 15) is 13.2 Å². The van der Waals surface area contributed by atoms with Crippen molar-refractivity contribution in [1.29, 1.82) is 0 Å². The third-order valence-corrected chi connectivity index (χ3v) is 3.03. The molecule has 0 bridgehead atoms. The van der Waals surface area contributed by atoms with Crippen LogP contribution in [0.1, 0.15) is 13.3 Å². The van der Waals surface area contributed by atoms with Crippen molar-refractivity contribution >= 4 is 15.9 Å². The Kier molecular flexibility index (Phi) is 4.69. The SMILES string of the molecule is C[C@@H]1CN(C(=O)CCNS(C)(=O)=O)CCO1. The third-order valence-electron chi connectivity index (χ3n) is 2.30. The average Bonchev–Trinajstić information content (AvgIpc) is 2.15. The van der Waals surface area contributed by atoms with Gasteiger partial charge in [-0.05, 0) is 6.92 Å². The number of carbonyl (C=O) groups is 1. The van der Waals surface area contributed by atoms with Crippen LogP contribution in [0.4, 0.5) is 0 Å². The molecule has 16 heavy (non-hydrogen) atoms. The number of amides is 1. The smallest absolute Gasteiger partial charge is 0.224 e. The molecule has 1 rings (SSSR count). The molecule has 7 heteroatoms. The Balaban J connectivity index is 2.29. The molecule has 0 saturated carbocycles. The normalized spacial score (nSPS) is 22.1. The summed E-state index contributed by atoms with van der Waals surface area (Å²) in [6.45, 7) is 3.78. The summed E-state index contributed by atoms with van der Waals surface area (Å²) in [7, 11) is -3.21. The Morgan fingerprint density at radius 1 is 1.56 bits per heavy atom. The maximum atomic E-state index is 11.7. The lowest BCUT2D eigenvalue weighted by molar-refractivity contribution is -0.137. The van der Waals surface area contributed by atoms with E-state index in [0.29, 0.717) is 19.7 Å². The molecule has 1 N–H and O–H groups in total. The molecule has 0 unspecified atom stereocenters. The topological polar surface area (TPSA) is 75.7 Å². The third kappa shape index (κ3) is 4.91. The summed E-state index contributed by atoms with van der Waals surface area (Å²) in [5, 5.41) is 0. The zero-order valence-electron chi connectivity index (χ0n) is 9.60. The molecule has 1 amide bonds. The highest BCUT2D eigenvalue weighted by Crippen LogP contribution is 2.05. The van der Waals surface area contributed by atoms with Gasteiger partial charge in [-0.3, -0.25) is 4.79 Å². The highest BCUT2D eigenvalue weighted by Gasteiger charge is 2.20. The number of morpholine rings is 1. The van der Waals surface area contributed by atoms with Crippen LogP contribution in [0.2, 0.25) is 0 Å². The fourth-order valence-electron chi connectivity index (χ4n) is 1.55. The van der Waals surface area contributed by atoms with Crippen LogP contribution < -0.4 is 4.72 Å². The molecule has 0 aliphatic carbocycles. The Morgan fingerprint density at radius 2 is 2.25 bits per heavy atom. The van der Waals surface area contributed by atoms with E-state index in [0.717, 1.165) is 6.26 Å². The Morgan fingerprint density at radius 3 is 2.81 bits per heavy atom. The van der Waals surface area contributed by atoms with Crippen LogP contribution in [0.25, 0.3) is 0 Å². The number of carbonyl (C=O) groups excluding carboxylic acids is 1. The van der Waals surface area contributed by atoms with Crippen LogP contribution in [0.5, 0.6) is 0 Å². The van der Waals surface area contributed by atoms with Crippen LogP contribution in [0.15, 0.2) is 0 Å². The van der Waals surface area contributed by atoms with Gasteiger partial charge < -0.3 is 9.64 Å². The Hall–Kier alpha value is -0.660. The van der Waals surface area contributed by atoms with Gasteiger partial charge in [0.2, 0.25) is 15.9 Å². The van der Waals surface area contributed by atoms with E-state index in [1.807, 2.05) is 6.92 Å². The predicted molar refractivity (Wildman–Crippen MR) is 59.5 cm³/mol. The molecule has 1 saturated heterocycles. The molecule has 0 aromatic carbocycles. The number of nitrogens with zero attached hydrogens (tertiary/aromatic N) is 1. The van der Waals surface area contributed by atoms with Gasteiger partial charge in [0.05, 0.1) is 19.0 Å². The van der Waals surface area contributed by atoms with Gasteiger partial charge >= 0.3 is 0 Å². The van der Waals surface area contributed by atoms with Crippen LogP contribution in [-0.4, -0.2) is 57.8 Å². The molecule has 6 nitrogen and oxygen atoms in total. The standard InChI is InChI=1S/C9H18N2O4S/c1-8-7-11(5-6-15-8)9(12)3-4-10-16(2,13)14/h8,10H,3-7H2,1-2H3/t8-/m1/s1. The molecule has 1 atom stereocenters. The summed E-state index contributed by atoms with van der Waals surface area (Å²) >= 11 is 0. The second kappa shape index (κ2) is 5.60. The first-order valence-electron chi connectivity index (χ1n) is 5.22. The van der Waals surface area contributed by atoms with Crippen molar-refractivity contribution in [2.45, 2.75) is 19.4 Å². The maximum Gasteiger partial charge on any atom is 0.224 e. The number of ether oxygens (including phenoxy) is 1. The van der Waals surface area contributed by atoms with Gasteiger partial charge in [0.1, 0.15) is 0 Å². The fourth-order valence-corrected chi connectivity index (χ4v) is 2.02. The van der Waals surface area contributed by atoms with E-state index in [1.165, 1.54) is 0 Å². The maximum absolute atomic E-state index is 11.7. The van der Waals surface area contributed by atoms with E-state index < -0.39 is 10.0 Å². The lowest BCUT2D eigenvalue weighted by Crippen LogP contribution is -2.45. The van der Waals surface area contributed by atoms with Gasteiger partial charge in [-0.15, -0.1) is 0 Å². The number of hydrogen-bond acceptors (Lipinski definition) is 4. The summed E-state index contributed by atoms with van der Waals surface area (Å²) < 4.78 is 29.2. The lowest BCUT2D eigenvalue weighted by Gasteiger charge is -2.31. The molecule has 0 aromatic heterocycles. The summed E-state index contributed by atoms with van der Waals surface area (Å²) in [5.74, 6) is -0.0358. The number of hydrogen-bond donors (Lipinski definition) is 1. The van der Waals surface area contributed by atoms with E-state index in [4.69, 9.17) is 4.74 Å². The second-order valence-corrected chi connectivity index (χ2v) is 5.77. The monoisotopic (exact) mass is 250 g/mol. The van der Waals surface area contributed by atoms with Crippen LogP contribution in [0, 0.1) is 0 Å². The molecule has 1 aliphatic rings. The average molecular weight is 250 g/mol. The summed E-state index contributed by atoms with van der Waals surface area (Å²) in [6, 6.07) is 0. The minimum atomic E-state index is -3.21. The van der Waals surface area contributed by atoms with Gasteiger partial charge in [0.15, 0.2) is 0 Å². The number of nitrogens with one attached hydrogen (secondary N) is 1. The molecule has 0 aromatic rings. The van der Waals surface area contributed by atoms with E-state index in [2.05, 4.69) is 4.72 Å². The van der Waals surface area contributed by atoms with E-state index in [-0.39, 0.29) is 25.0 Å². The van der Waals surface area contributed by atoms with Crippen molar-refractivity contribution in [3.8, 4) is 0 Å². The minimum absolute atomic E-state index is 0.0358. The molecule has 0 radical (unpaired) electrons. The minimum Gasteiger partial charge on any atom is -0.375 e. The van der Waals surface area contributed by atoms with Crippen molar-refractivity contribution in [1.82, 2.24) is 9.62 Å². The van der Waals surface area contributed by atoms with E-state index in [1.54, 1.807) is 4.90 Å². The van der Waals surface area contributed by atoms with E-state index >= 15 is 0 Å². The van der Waals surface area contributed by atoms with Crippen molar-refractivity contribution in [2.24, 2.45) is 0 Å². The van der Waals surface area contributed by atoms with Gasteiger partial charge in [0.25, 0.3) is 0 Å². The van der Waals surface area contributed by atoms with Gasteiger partial charge in [0, 0.05) is 26.1 Å². The second-order valence-electron chi connectivity index (χ2n) is 3.94. The first kappa shape index (κ1) is 13.4. The summed E-state index contributed by atoms with van der Waals surface area (Å²) in [5.41, 5.74) is 0. The van der Waals surface area contributed by atoms with Crippen LogP contribution in [0.3, 0.4) is 0 Å². The predicted octanol–water partition coefficient (Wildman–Crippen LogP) is -0.827.